The van der Waals surface area contributed by atoms with Gasteiger partial charge in [0, 0.05) is 12.1 Å². The van der Waals surface area contributed by atoms with Crippen LogP contribution in [0.3, 0.4) is 0 Å². The summed E-state index contributed by atoms with van der Waals surface area (Å²) in [4.78, 5) is 2.10. The zero-order valence-electron chi connectivity index (χ0n) is 13.0. The van der Waals surface area contributed by atoms with Crippen LogP contribution >= 0.6 is 0 Å². The highest BCUT2D eigenvalue weighted by Gasteiger charge is 2.10. The van der Waals surface area contributed by atoms with Gasteiger partial charge in [0.05, 0.1) is 0 Å². The number of benzene rings is 2. The number of aromatic hydroxyl groups is 1. The second kappa shape index (κ2) is 7.14. The number of aryl methyl sites for hydroxylation is 1. The topological polar surface area (TPSA) is 32.7 Å². The molecule has 1 N–H and O–H groups in total. The van der Waals surface area contributed by atoms with Crippen molar-refractivity contribution in [2.24, 2.45) is 0 Å². The molecule has 112 valence electrons. The van der Waals surface area contributed by atoms with Gasteiger partial charge in [0.25, 0.3) is 0 Å². The summed E-state index contributed by atoms with van der Waals surface area (Å²) in [5, 5.41) is 9.65. The van der Waals surface area contributed by atoms with Crippen molar-refractivity contribution in [3.05, 3.63) is 48.0 Å². The molecule has 0 heterocycles. The third-order valence-corrected chi connectivity index (χ3v) is 3.44. The Kier molecular flexibility index (Phi) is 5.23. The standard InChI is InChI=1S/C18H23NO2/c1-4-14-13-15(20)9-10-16(14)17-7-5-6-8-18(17)21-12-11-19(2)3/h5-10,13,20H,4,11-12H2,1-3H3. The van der Waals surface area contributed by atoms with Gasteiger partial charge in [0.15, 0.2) is 0 Å². The molecular formula is C18H23NO2. The van der Waals surface area contributed by atoms with E-state index in [1.165, 1.54) is 0 Å². The van der Waals surface area contributed by atoms with Gasteiger partial charge >= 0.3 is 0 Å². The van der Waals surface area contributed by atoms with Gasteiger partial charge in [0.2, 0.25) is 0 Å². The predicted octanol–water partition coefficient (Wildman–Crippen LogP) is 3.56. The maximum absolute atomic E-state index is 9.65. The highest BCUT2D eigenvalue weighted by atomic mass is 16.5. The van der Waals surface area contributed by atoms with E-state index < -0.39 is 0 Å². The number of rotatable bonds is 6. The molecule has 0 radical (unpaired) electrons. The van der Waals surface area contributed by atoms with Crippen LogP contribution in [0.15, 0.2) is 42.5 Å². The third-order valence-electron chi connectivity index (χ3n) is 3.44. The lowest BCUT2D eigenvalue weighted by atomic mass is 9.97. The minimum atomic E-state index is 0.307. The summed E-state index contributed by atoms with van der Waals surface area (Å²) in [5.74, 6) is 1.20. The molecule has 2 aromatic carbocycles. The summed E-state index contributed by atoms with van der Waals surface area (Å²) in [6.45, 7) is 3.63. The van der Waals surface area contributed by atoms with Crippen molar-refractivity contribution in [3.63, 3.8) is 0 Å². The number of phenols is 1. The van der Waals surface area contributed by atoms with E-state index in [-0.39, 0.29) is 0 Å². The zero-order chi connectivity index (χ0) is 15.2. The molecule has 3 nitrogen and oxygen atoms in total. The van der Waals surface area contributed by atoms with Crippen LogP contribution < -0.4 is 4.74 Å². The fourth-order valence-corrected chi connectivity index (χ4v) is 2.29. The number of ether oxygens (including phenoxy) is 1. The quantitative estimate of drug-likeness (QED) is 0.881. The van der Waals surface area contributed by atoms with Crippen LogP contribution in [0.4, 0.5) is 0 Å². The molecule has 0 unspecified atom stereocenters. The minimum Gasteiger partial charge on any atom is -0.508 e. The van der Waals surface area contributed by atoms with E-state index in [4.69, 9.17) is 4.74 Å². The number of likely N-dealkylation sites (N-methyl/N-ethyl adjacent to an activating group) is 1. The summed E-state index contributed by atoms with van der Waals surface area (Å²) in [6.07, 6.45) is 0.871. The van der Waals surface area contributed by atoms with Gasteiger partial charge in [-0.2, -0.15) is 0 Å². The van der Waals surface area contributed by atoms with Crippen molar-refractivity contribution in [1.82, 2.24) is 4.90 Å². The molecule has 0 fully saturated rings. The second-order valence-electron chi connectivity index (χ2n) is 5.34. The lowest BCUT2D eigenvalue weighted by Crippen LogP contribution is -2.19. The molecule has 0 aromatic heterocycles. The molecule has 0 bridgehead atoms. The number of nitrogens with zero attached hydrogens (tertiary/aromatic N) is 1. The van der Waals surface area contributed by atoms with E-state index in [2.05, 4.69) is 17.9 Å². The highest BCUT2D eigenvalue weighted by molar-refractivity contribution is 5.74. The molecular weight excluding hydrogens is 262 g/mol. The molecule has 0 amide bonds. The largest absolute Gasteiger partial charge is 0.508 e. The van der Waals surface area contributed by atoms with Crippen LogP contribution in [0.5, 0.6) is 11.5 Å². The van der Waals surface area contributed by atoms with Crippen LogP contribution in [0.25, 0.3) is 11.1 Å². The van der Waals surface area contributed by atoms with Gasteiger partial charge in [-0.3, -0.25) is 0 Å². The SMILES string of the molecule is CCc1cc(O)ccc1-c1ccccc1OCCN(C)C. The fourth-order valence-electron chi connectivity index (χ4n) is 2.29. The summed E-state index contributed by atoms with van der Waals surface area (Å²) in [5.41, 5.74) is 3.32. The Morgan fingerprint density at radius 2 is 1.81 bits per heavy atom. The highest BCUT2D eigenvalue weighted by Crippen LogP contribution is 2.34. The molecule has 0 aliphatic rings. The zero-order valence-corrected chi connectivity index (χ0v) is 13.0. The van der Waals surface area contributed by atoms with Gasteiger partial charge in [-0.25, -0.2) is 0 Å². The number of hydrogen-bond donors (Lipinski definition) is 1. The van der Waals surface area contributed by atoms with Crippen molar-refractivity contribution in [1.29, 1.82) is 0 Å². The van der Waals surface area contributed by atoms with E-state index in [1.54, 1.807) is 6.07 Å². The van der Waals surface area contributed by atoms with E-state index in [1.807, 2.05) is 44.4 Å². The lowest BCUT2D eigenvalue weighted by molar-refractivity contribution is 0.262. The molecule has 0 saturated heterocycles. The van der Waals surface area contributed by atoms with Crippen LogP contribution in [0.1, 0.15) is 12.5 Å². The van der Waals surface area contributed by atoms with Crippen molar-refractivity contribution in [2.75, 3.05) is 27.2 Å². The molecule has 0 aliphatic carbocycles. The van der Waals surface area contributed by atoms with Crippen LogP contribution in [0.2, 0.25) is 0 Å². The Labute approximate surface area is 126 Å². The average molecular weight is 285 g/mol. The first-order chi connectivity index (χ1) is 10.1. The fraction of sp³-hybridized carbons (Fsp3) is 0.333. The van der Waals surface area contributed by atoms with E-state index in [0.717, 1.165) is 35.4 Å². The normalized spacial score (nSPS) is 10.9. The van der Waals surface area contributed by atoms with Crippen LogP contribution in [-0.4, -0.2) is 37.3 Å². The van der Waals surface area contributed by atoms with E-state index in [0.29, 0.717) is 12.4 Å². The smallest absolute Gasteiger partial charge is 0.127 e. The number of hydrogen-bond acceptors (Lipinski definition) is 3. The molecule has 2 rings (SSSR count). The lowest BCUT2D eigenvalue weighted by Gasteiger charge is -2.16. The van der Waals surface area contributed by atoms with Crippen LogP contribution in [0, 0.1) is 0 Å². The first-order valence-electron chi connectivity index (χ1n) is 7.30. The first kappa shape index (κ1) is 15.4. The predicted molar refractivity (Wildman–Crippen MR) is 87.0 cm³/mol. The minimum absolute atomic E-state index is 0.307. The Balaban J connectivity index is 2.31. The second-order valence-corrected chi connectivity index (χ2v) is 5.34. The van der Waals surface area contributed by atoms with Crippen molar-refractivity contribution in [2.45, 2.75) is 13.3 Å². The molecule has 2 aromatic rings. The van der Waals surface area contributed by atoms with Gasteiger partial charge in [0.1, 0.15) is 18.1 Å². The first-order valence-corrected chi connectivity index (χ1v) is 7.30. The Morgan fingerprint density at radius 3 is 2.52 bits per heavy atom. The Hall–Kier alpha value is -2.00. The monoisotopic (exact) mass is 285 g/mol. The summed E-state index contributed by atoms with van der Waals surface area (Å²) < 4.78 is 5.93. The molecule has 0 aliphatic heterocycles. The molecule has 0 spiro atoms. The van der Waals surface area contributed by atoms with Gasteiger partial charge in [-0.05, 0) is 49.8 Å². The van der Waals surface area contributed by atoms with Gasteiger partial charge in [-0.1, -0.05) is 31.2 Å². The summed E-state index contributed by atoms with van der Waals surface area (Å²) in [6, 6.07) is 13.6. The van der Waals surface area contributed by atoms with Crippen LogP contribution in [-0.2, 0) is 6.42 Å². The van der Waals surface area contributed by atoms with Crippen molar-refractivity contribution in [3.8, 4) is 22.6 Å². The molecule has 21 heavy (non-hydrogen) atoms. The molecule has 3 heteroatoms. The van der Waals surface area contributed by atoms with Gasteiger partial charge < -0.3 is 14.7 Å². The molecule has 0 saturated carbocycles. The van der Waals surface area contributed by atoms with Crippen molar-refractivity contribution < 1.29 is 9.84 Å². The van der Waals surface area contributed by atoms with E-state index in [9.17, 15) is 5.11 Å². The maximum Gasteiger partial charge on any atom is 0.127 e. The number of phenolic OH excluding ortho intramolecular Hbond substituents is 1. The summed E-state index contributed by atoms with van der Waals surface area (Å²) >= 11 is 0. The van der Waals surface area contributed by atoms with Crippen molar-refractivity contribution >= 4 is 0 Å². The van der Waals surface area contributed by atoms with E-state index >= 15 is 0 Å². The maximum atomic E-state index is 9.65. The van der Waals surface area contributed by atoms with Gasteiger partial charge in [-0.15, -0.1) is 0 Å². The Morgan fingerprint density at radius 1 is 1.05 bits per heavy atom. The molecule has 0 atom stereocenters. The third kappa shape index (κ3) is 3.99. The average Bonchev–Trinajstić information content (AvgIpc) is 2.47. The Bertz CT molecular complexity index is 594. The number of para-hydroxylation sites is 1. The summed E-state index contributed by atoms with van der Waals surface area (Å²) in [7, 11) is 4.06.